The summed E-state index contributed by atoms with van der Waals surface area (Å²) in [5.41, 5.74) is 2.53. The van der Waals surface area contributed by atoms with Crippen molar-refractivity contribution in [1.29, 1.82) is 0 Å². The van der Waals surface area contributed by atoms with Crippen LogP contribution in [-0.2, 0) is 14.9 Å². The van der Waals surface area contributed by atoms with Gasteiger partial charge in [0.1, 0.15) is 5.70 Å². The van der Waals surface area contributed by atoms with E-state index in [2.05, 4.69) is 42.0 Å². The minimum atomic E-state index is -0.378. The number of nitrogens with zero attached hydrogens (tertiary/aromatic N) is 2. The SMILES string of the molecule is CCOC(=O)N1CCN(C(=O)/C(=C/c2ccc(Br)cc2)NC(=O)c2ccc(C(C)(C)C)cc2)CC1. The number of amides is 3. The predicted octanol–water partition coefficient (Wildman–Crippen LogP) is 4.82. The van der Waals surface area contributed by atoms with Crippen LogP contribution < -0.4 is 5.32 Å². The molecule has 0 bridgehead atoms. The number of nitrogens with one attached hydrogen (secondary N) is 1. The Kier molecular flexibility index (Phi) is 8.72. The first-order valence-electron chi connectivity index (χ1n) is 11.7. The van der Waals surface area contributed by atoms with Gasteiger partial charge < -0.3 is 19.9 Å². The first-order chi connectivity index (χ1) is 16.6. The number of ether oxygens (including phenoxy) is 1. The Morgan fingerprint density at radius 2 is 1.51 bits per heavy atom. The molecule has 8 heteroatoms. The lowest BCUT2D eigenvalue weighted by Crippen LogP contribution is -2.52. The van der Waals surface area contributed by atoms with Crippen LogP contribution in [0.25, 0.3) is 6.08 Å². The third-order valence-corrected chi connectivity index (χ3v) is 6.29. The summed E-state index contributed by atoms with van der Waals surface area (Å²) in [6.07, 6.45) is 1.30. The molecule has 0 saturated carbocycles. The normalized spacial score (nSPS) is 14.5. The van der Waals surface area contributed by atoms with Gasteiger partial charge in [-0.05, 0) is 53.8 Å². The fourth-order valence-electron chi connectivity index (χ4n) is 3.67. The average molecular weight is 542 g/mol. The molecule has 1 aliphatic rings. The molecule has 0 aliphatic carbocycles. The maximum Gasteiger partial charge on any atom is 0.409 e. The van der Waals surface area contributed by atoms with E-state index in [0.29, 0.717) is 38.3 Å². The smallest absolute Gasteiger partial charge is 0.409 e. The summed E-state index contributed by atoms with van der Waals surface area (Å²) in [6, 6.07) is 14.9. The van der Waals surface area contributed by atoms with E-state index in [1.54, 1.807) is 34.9 Å². The molecule has 0 radical (unpaired) electrons. The lowest BCUT2D eigenvalue weighted by Gasteiger charge is -2.34. The van der Waals surface area contributed by atoms with E-state index in [1.165, 1.54) is 0 Å². The molecular weight excluding hydrogens is 510 g/mol. The molecule has 2 aromatic carbocycles. The summed E-state index contributed by atoms with van der Waals surface area (Å²) in [6.45, 7) is 9.86. The van der Waals surface area contributed by atoms with Crippen LogP contribution in [0, 0.1) is 0 Å². The second-order valence-electron chi connectivity index (χ2n) is 9.37. The molecule has 1 aliphatic heterocycles. The number of carbonyl (C=O) groups is 3. The first-order valence-corrected chi connectivity index (χ1v) is 12.5. The molecule has 2 aromatic rings. The van der Waals surface area contributed by atoms with Crippen molar-refractivity contribution < 1.29 is 19.1 Å². The zero-order valence-corrected chi connectivity index (χ0v) is 22.2. The zero-order valence-electron chi connectivity index (χ0n) is 20.6. The van der Waals surface area contributed by atoms with Crippen molar-refractivity contribution in [2.75, 3.05) is 32.8 Å². The summed E-state index contributed by atoms with van der Waals surface area (Å²) in [4.78, 5) is 41.7. The van der Waals surface area contributed by atoms with Crippen molar-refractivity contribution in [2.45, 2.75) is 33.1 Å². The highest BCUT2D eigenvalue weighted by molar-refractivity contribution is 9.10. The second-order valence-corrected chi connectivity index (χ2v) is 10.3. The third kappa shape index (κ3) is 7.18. The van der Waals surface area contributed by atoms with Gasteiger partial charge in [-0.25, -0.2) is 4.79 Å². The average Bonchev–Trinajstić information content (AvgIpc) is 2.84. The number of rotatable bonds is 5. The number of carbonyl (C=O) groups excluding carboxylic acids is 3. The van der Waals surface area contributed by atoms with Crippen LogP contribution in [0.3, 0.4) is 0 Å². The molecule has 1 fully saturated rings. The van der Waals surface area contributed by atoms with Crippen molar-refractivity contribution in [3.05, 3.63) is 75.4 Å². The van der Waals surface area contributed by atoms with E-state index in [4.69, 9.17) is 4.74 Å². The zero-order chi connectivity index (χ0) is 25.6. The maximum absolute atomic E-state index is 13.4. The van der Waals surface area contributed by atoms with E-state index in [9.17, 15) is 14.4 Å². The molecule has 186 valence electrons. The summed E-state index contributed by atoms with van der Waals surface area (Å²) >= 11 is 3.41. The van der Waals surface area contributed by atoms with Gasteiger partial charge >= 0.3 is 6.09 Å². The largest absolute Gasteiger partial charge is 0.450 e. The predicted molar refractivity (Wildman–Crippen MR) is 140 cm³/mol. The Hall–Kier alpha value is -3.13. The Morgan fingerprint density at radius 1 is 0.943 bits per heavy atom. The fourth-order valence-corrected chi connectivity index (χ4v) is 3.93. The van der Waals surface area contributed by atoms with Crippen molar-refractivity contribution in [3.63, 3.8) is 0 Å². The lowest BCUT2D eigenvalue weighted by atomic mass is 9.87. The van der Waals surface area contributed by atoms with Gasteiger partial charge in [-0.2, -0.15) is 0 Å². The van der Waals surface area contributed by atoms with Gasteiger partial charge in [0.05, 0.1) is 6.61 Å². The molecule has 0 aromatic heterocycles. The molecule has 35 heavy (non-hydrogen) atoms. The molecule has 0 atom stereocenters. The van der Waals surface area contributed by atoms with E-state index >= 15 is 0 Å². The standard InChI is InChI=1S/C27H32BrN3O4/c1-5-35-26(34)31-16-14-30(15-17-31)25(33)23(18-19-6-12-22(28)13-7-19)29-24(32)20-8-10-21(11-9-20)27(2,3)4/h6-13,18H,5,14-17H2,1-4H3,(H,29,32)/b23-18-. The Bertz CT molecular complexity index is 1080. The molecule has 7 nitrogen and oxygen atoms in total. The number of halogens is 1. The van der Waals surface area contributed by atoms with E-state index in [1.807, 2.05) is 36.4 Å². The number of piperazine rings is 1. The van der Waals surface area contributed by atoms with Crippen LogP contribution in [0.5, 0.6) is 0 Å². The Morgan fingerprint density at radius 3 is 2.06 bits per heavy atom. The minimum absolute atomic E-state index is 0.0245. The highest BCUT2D eigenvalue weighted by Gasteiger charge is 2.27. The summed E-state index contributed by atoms with van der Waals surface area (Å²) in [7, 11) is 0. The van der Waals surface area contributed by atoms with Gasteiger partial charge in [0.25, 0.3) is 11.8 Å². The minimum Gasteiger partial charge on any atom is -0.450 e. The topological polar surface area (TPSA) is 79.0 Å². The van der Waals surface area contributed by atoms with E-state index in [-0.39, 0.29) is 29.0 Å². The summed E-state index contributed by atoms with van der Waals surface area (Å²) in [5, 5.41) is 2.82. The van der Waals surface area contributed by atoms with Gasteiger partial charge in [0.2, 0.25) is 0 Å². The van der Waals surface area contributed by atoms with Crippen LogP contribution >= 0.6 is 15.9 Å². The van der Waals surface area contributed by atoms with Gasteiger partial charge in [-0.3, -0.25) is 9.59 Å². The second kappa shape index (κ2) is 11.5. The highest BCUT2D eigenvalue weighted by atomic mass is 79.9. The molecule has 1 saturated heterocycles. The van der Waals surface area contributed by atoms with E-state index < -0.39 is 0 Å². The van der Waals surface area contributed by atoms with Crippen LogP contribution in [0.15, 0.2) is 58.7 Å². The number of hydrogen-bond acceptors (Lipinski definition) is 4. The Labute approximate surface area is 215 Å². The van der Waals surface area contributed by atoms with Crippen molar-refractivity contribution in [3.8, 4) is 0 Å². The first kappa shape index (κ1) is 26.5. The van der Waals surface area contributed by atoms with Crippen LogP contribution in [0.1, 0.15) is 49.2 Å². The molecule has 1 heterocycles. The Balaban J connectivity index is 1.79. The van der Waals surface area contributed by atoms with Crippen molar-refractivity contribution in [2.24, 2.45) is 0 Å². The van der Waals surface area contributed by atoms with Crippen molar-refractivity contribution in [1.82, 2.24) is 15.1 Å². The lowest BCUT2D eigenvalue weighted by molar-refractivity contribution is -0.128. The van der Waals surface area contributed by atoms with E-state index in [0.717, 1.165) is 15.6 Å². The molecule has 3 rings (SSSR count). The fraction of sp³-hybridized carbons (Fsp3) is 0.370. The van der Waals surface area contributed by atoms with Gasteiger partial charge in [-0.15, -0.1) is 0 Å². The third-order valence-electron chi connectivity index (χ3n) is 5.77. The van der Waals surface area contributed by atoms with Gasteiger partial charge in [0.15, 0.2) is 0 Å². The molecule has 3 amide bonds. The van der Waals surface area contributed by atoms with Gasteiger partial charge in [0, 0.05) is 36.2 Å². The molecule has 0 spiro atoms. The van der Waals surface area contributed by atoms with Gasteiger partial charge in [-0.1, -0.05) is 61.0 Å². The number of hydrogen-bond donors (Lipinski definition) is 1. The highest BCUT2D eigenvalue weighted by Crippen LogP contribution is 2.22. The number of benzene rings is 2. The molecular formula is C27H32BrN3O4. The van der Waals surface area contributed by atoms with Crippen LogP contribution in [0.2, 0.25) is 0 Å². The van der Waals surface area contributed by atoms with Crippen LogP contribution in [0.4, 0.5) is 4.79 Å². The van der Waals surface area contributed by atoms with Crippen LogP contribution in [-0.4, -0.2) is 60.5 Å². The summed E-state index contributed by atoms with van der Waals surface area (Å²) in [5.74, 6) is -0.650. The maximum atomic E-state index is 13.4. The molecule has 0 unspecified atom stereocenters. The monoisotopic (exact) mass is 541 g/mol. The van der Waals surface area contributed by atoms with Crippen molar-refractivity contribution >= 4 is 39.9 Å². The molecule has 1 N–H and O–H groups in total. The summed E-state index contributed by atoms with van der Waals surface area (Å²) < 4.78 is 5.97. The quantitative estimate of drug-likeness (QED) is 0.550.